The smallest absolute Gasteiger partial charge is 0.185 e. The molecule has 0 fully saturated rings. The molecule has 5 heteroatoms. The van der Waals surface area contributed by atoms with Gasteiger partial charge in [0.25, 0.3) is 0 Å². The van der Waals surface area contributed by atoms with Crippen molar-refractivity contribution in [1.82, 2.24) is 14.5 Å². The van der Waals surface area contributed by atoms with Gasteiger partial charge in [0.15, 0.2) is 13.9 Å². The molecule has 0 unspecified atom stereocenters. The third kappa shape index (κ3) is 4.55. The average Bonchev–Trinajstić information content (AvgIpc) is 3.92. The van der Waals surface area contributed by atoms with Gasteiger partial charge in [0.05, 0.1) is 28.1 Å². The molecule has 0 spiro atoms. The summed E-state index contributed by atoms with van der Waals surface area (Å²) in [6.45, 7) is 0. The molecule has 1 aliphatic heterocycles. The Kier molecular flexibility index (Phi) is 6.91. The molecule has 11 aromatic rings. The molecule has 3 aromatic heterocycles. The maximum absolute atomic E-state index is 6.40. The van der Waals surface area contributed by atoms with Crippen molar-refractivity contribution >= 4 is 72.6 Å². The van der Waals surface area contributed by atoms with Crippen LogP contribution in [-0.2, 0) is 0 Å². The van der Waals surface area contributed by atoms with Gasteiger partial charge in [-0.1, -0.05) is 164 Å². The fraction of sp³-hybridized carbons (Fsp3) is 0. The summed E-state index contributed by atoms with van der Waals surface area (Å²) in [5, 5.41) is 9.73. The van der Waals surface area contributed by atoms with E-state index in [1.54, 1.807) is 0 Å². The second kappa shape index (κ2) is 12.3. The Labute approximate surface area is 330 Å². The lowest BCUT2D eigenvalue weighted by Crippen LogP contribution is -2.73. The van der Waals surface area contributed by atoms with Crippen LogP contribution in [0.2, 0.25) is 0 Å². The molecule has 0 radical (unpaired) electrons. The van der Waals surface area contributed by atoms with Gasteiger partial charge in [-0.15, -0.1) is 0 Å². The third-order valence-corrected chi connectivity index (χ3v) is 16.8. The van der Waals surface area contributed by atoms with Crippen LogP contribution in [0.5, 0.6) is 0 Å². The van der Waals surface area contributed by atoms with Crippen LogP contribution in [0.4, 0.5) is 0 Å². The lowest BCUT2D eigenvalue weighted by atomic mass is 10.1. The van der Waals surface area contributed by atoms with E-state index in [4.69, 9.17) is 14.4 Å². The van der Waals surface area contributed by atoms with Crippen LogP contribution >= 0.6 is 0 Å². The van der Waals surface area contributed by atoms with E-state index in [0.29, 0.717) is 5.82 Å². The first kappa shape index (κ1) is 32.0. The van der Waals surface area contributed by atoms with E-state index < -0.39 is 8.07 Å². The molecule has 266 valence electrons. The molecular weight excluding hydrogens is 711 g/mol. The minimum atomic E-state index is -2.90. The topological polar surface area (TPSA) is 43.9 Å². The number of fused-ring (bicyclic) bond motifs is 9. The van der Waals surface area contributed by atoms with E-state index in [9.17, 15) is 0 Å². The minimum absolute atomic E-state index is 0.699. The molecule has 57 heavy (non-hydrogen) atoms. The predicted octanol–water partition coefficient (Wildman–Crippen LogP) is 10.2. The maximum atomic E-state index is 6.40. The lowest BCUT2D eigenvalue weighted by Gasteiger charge is -2.32. The van der Waals surface area contributed by atoms with E-state index in [-0.39, 0.29) is 0 Å². The number of furan rings is 1. The Bertz CT molecular complexity index is 3310. The molecule has 1 aliphatic rings. The Balaban J connectivity index is 1.19. The molecule has 0 saturated heterocycles. The molecule has 0 saturated carbocycles. The first-order valence-electron chi connectivity index (χ1n) is 19.4. The number of hydrogen-bond donors (Lipinski definition) is 0. The highest BCUT2D eigenvalue weighted by atomic mass is 28.3. The van der Waals surface area contributed by atoms with Gasteiger partial charge in [0.2, 0.25) is 0 Å². The highest BCUT2D eigenvalue weighted by molar-refractivity contribution is 7.22. The quantitative estimate of drug-likeness (QED) is 0.165. The predicted molar refractivity (Wildman–Crippen MR) is 237 cm³/mol. The Morgan fingerprint density at radius 3 is 1.79 bits per heavy atom. The van der Waals surface area contributed by atoms with E-state index in [1.807, 2.05) is 12.1 Å². The largest absolute Gasteiger partial charge is 0.456 e. The molecular formula is C52H33N3OSi. The normalized spacial score (nSPS) is 13.1. The highest BCUT2D eigenvalue weighted by Crippen LogP contribution is 2.41. The van der Waals surface area contributed by atoms with Gasteiger partial charge in [0, 0.05) is 43.4 Å². The summed E-state index contributed by atoms with van der Waals surface area (Å²) in [5.41, 5.74) is 10.2. The maximum Gasteiger partial charge on any atom is 0.185 e. The Morgan fingerprint density at radius 2 is 1.02 bits per heavy atom. The zero-order valence-electron chi connectivity index (χ0n) is 30.8. The van der Waals surface area contributed by atoms with Crippen LogP contribution in [-0.4, -0.2) is 22.6 Å². The first-order chi connectivity index (χ1) is 28.3. The van der Waals surface area contributed by atoms with Crippen molar-refractivity contribution in [1.29, 1.82) is 0 Å². The SMILES string of the molecule is c1ccc(-c2nc(-c3ccccc3-n3c4ccccc4c4cc5oc6ccccc6c5cc43)nc3c2[Si](c2ccccc2)(c2ccccc2)c2ccccc2-3)cc1. The second-order valence-electron chi connectivity index (χ2n) is 14.8. The molecule has 0 atom stereocenters. The first-order valence-corrected chi connectivity index (χ1v) is 21.4. The standard InChI is InChI=1S/C52H33N3OSi/c1-4-18-34(19-5-1)49-51-50(40-27-13-17-31-48(40)57(51,35-20-6-2-7-21-35)36-22-8-3-9-23-36)54-52(53-49)39-26-11-15-29-44(39)55-43-28-14-10-24-37(43)41-33-47-42(32-45(41)55)38-25-12-16-30-46(38)56-47/h1-33H. The molecule has 0 N–H and O–H groups in total. The number of aromatic nitrogens is 3. The van der Waals surface area contributed by atoms with E-state index in [0.717, 1.165) is 66.6 Å². The van der Waals surface area contributed by atoms with Gasteiger partial charge in [-0.05, 0) is 52.0 Å². The number of para-hydroxylation sites is 3. The summed E-state index contributed by atoms with van der Waals surface area (Å²) >= 11 is 0. The van der Waals surface area contributed by atoms with Crippen molar-refractivity contribution in [3.63, 3.8) is 0 Å². The zero-order valence-corrected chi connectivity index (χ0v) is 31.8. The van der Waals surface area contributed by atoms with E-state index in [1.165, 1.54) is 31.7 Å². The summed E-state index contributed by atoms with van der Waals surface area (Å²) < 4.78 is 8.79. The van der Waals surface area contributed by atoms with Gasteiger partial charge < -0.3 is 8.98 Å². The fourth-order valence-electron chi connectivity index (χ4n) is 9.53. The van der Waals surface area contributed by atoms with Gasteiger partial charge in [-0.3, -0.25) is 0 Å². The van der Waals surface area contributed by atoms with Gasteiger partial charge in [-0.2, -0.15) is 0 Å². The summed E-state index contributed by atoms with van der Waals surface area (Å²) in [7, 11) is -2.90. The van der Waals surface area contributed by atoms with Crippen molar-refractivity contribution in [2.75, 3.05) is 0 Å². The molecule has 0 amide bonds. The van der Waals surface area contributed by atoms with Crippen molar-refractivity contribution in [3.05, 3.63) is 200 Å². The summed E-state index contributed by atoms with van der Waals surface area (Å²) in [6.07, 6.45) is 0. The van der Waals surface area contributed by atoms with Crippen LogP contribution in [0.25, 0.3) is 83.3 Å². The highest BCUT2D eigenvalue weighted by Gasteiger charge is 2.51. The monoisotopic (exact) mass is 743 g/mol. The number of hydrogen-bond acceptors (Lipinski definition) is 3. The third-order valence-electron chi connectivity index (χ3n) is 11.9. The minimum Gasteiger partial charge on any atom is -0.456 e. The van der Waals surface area contributed by atoms with Crippen LogP contribution in [0.1, 0.15) is 0 Å². The Morgan fingerprint density at radius 1 is 0.421 bits per heavy atom. The van der Waals surface area contributed by atoms with Crippen LogP contribution < -0.4 is 20.7 Å². The molecule has 4 heterocycles. The van der Waals surface area contributed by atoms with Crippen molar-refractivity contribution in [2.24, 2.45) is 0 Å². The number of rotatable bonds is 5. The lowest BCUT2D eigenvalue weighted by molar-refractivity contribution is 0.669. The van der Waals surface area contributed by atoms with Crippen molar-refractivity contribution in [2.45, 2.75) is 0 Å². The van der Waals surface area contributed by atoms with E-state index in [2.05, 4.69) is 193 Å². The molecule has 0 bridgehead atoms. The summed E-state index contributed by atoms with van der Waals surface area (Å²) in [4.78, 5) is 11.4. The van der Waals surface area contributed by atoms with Crippen LogP contribution in [0.3, 0.4) is 0 Å². The zero-order chi connectivity index (χ0) is 37.5. The van der Waals surface area contributed by atoms with Crippen molar-refractivity contribution < 1.29 is 4.42 Å². The van der Waals surface area contributed by atoms with Crippen molar-refractivity contribution in [3.8, 4) is 39.6 Å². The van der Waals surface area contributed by atoms with Gasteiger partial charge in [0.1, 0.15) is 11.2 Å². The number of nitrogens with zero attached hydrogens (tertiary/aromatic N) is 3. The average molecular weight is 744 g/mol. The second-order valence-corrected chi connectivity index (χ2v) is 18.5. The molecule has 4 nitrogen and oxygen atoms in total. The summed E-state index contributed by atoms with van der Waals surface area (Å²) in [6, 6.07) is 71.9. The molecule has 0 aliphatic carbocycles. The van der Waals surface area contributed by atoms with Crippen LogP contribution in [0, 0.1) is 0 Å². The Hall–Kier alpha value is -7.34. The molecule has 8 aromatic carbocycles. The fourth-order valence-corrected chi connectivity index (χ4v) is 14.8. The van der Waals surface area contributed by atoms with Gasteiger partial charge in [-0.25, -0.2) is 9.97 Å². The molecule has 12 rings (SSSR count). The van der Waals surface area contributed by atoms with Gasteiger partial charge >= 0.3 is 0 Å². The van der Waals surface area contributed by atoms with Crippen LogP contribution in [0.15, 0.2) is 205 Å². The van der Waals surface area contributed by atoms with E-state index >= 15 is 0 Å². The summed E-state index contributed by atoms with van der Waals surface area (Å²) in [5.74, 6) is 0.699. The number of benzene rings is 8.